The first-order valence-corrected chi connectivity index (χ1v) is 6.52. The first-order chi connectivity index (χ1) is 9.24. The van der Waals surface area contributed by atoms with Crippen LogP contribution in [0.15, 0.2) is 48.5 Å². The number of para-hydroxylation sites is 1. The minimum Gasteiger partial charge on any atom is -0.365 e. The molecule has 2 aromatic carbocycles. The predicted molar refractivity (Wildman–Crippen MR) is 77.5 cm³/mol. The van der Waals surface area contributed by atoms with Crippen molar-refractivity contribution in [3.05, 3.63) is 65.5 Å². The molecule has 100 valence electrons. The van der Waals surface area contributed by atoms with Crippen molar-refractivity contribution in [1.82, 2.24) is 0 Å². The number of hydrogen-bond acceptors (Lipinski definition) is 2. The van der Waals surface area contributed by atoms with Gasteiger partial charge in [0.15, 0.2) is 0 Å². The highest BCUT2D eigenvalue weighted by molar-refractivity contribution is 5.48. The third-order valence-corrected chi connectivity index (χ3v) is 3.18. The van der Waals surface area contributed by atoms with Gasteiger partial charge in [-0.1, -0.05) is 36.4 Å². The van der Waals surface area contributed by atoms with E-state index >= 15 is 0 Å². The molecule has 0 saturated heterocycles. The summed E-state index contributed by atoms with van der Waals surface area (Å²) in [5.74, 6) is -0.181. The van der Waals surface area contributed by atoms with E-state index in [2.05, 4.69) is 6.07 Å². The molecule has 2 N–H and O–H groups in total. The summed E-state index contributed by atoms with van der Waals surface area (Å²) in [6, 6.07) is 15.0. The molecule has 0 fully saturated rings. The Bertz CT molecular complexity index is 540. The molecular formula is C16H19FN2. The van der Waals surface area contributed by atoms with Gasteiger partial charge in [-0.25, -0.2) is 4.39 Å². The molecule has 0 aliphatic carbocycles. The lowest BCUT2D eigenvalue weighted by Crippen LogP contribution is -2.23. The fraction of sp³-hybridized carbons (Fsp3) is 0.250. The Hall–Kier alpha value is -1.87. The van der Waals surface area contributed by atoms with E-state index in [4.69, 9.17) is 5.73 Å². The van der Waals surface area contributed by atoms with E-state index in [-0.39, 0.29) is 5.82 Å². The molecule has 2 nitrogen and oxygen atoms in total. The largest absolute Gasteiger partial charge is 0.365 e. The van der Waals surface area contributed by atoms with E-state index in [0.29, 0.717) is 18.8 Å². The predicted octanol–water partition coefficient (Wildman–Crippen LogP) is 3.31. The molecule has 0 atom stereocenters. The van der Waals surface area contributed by atoms with Crippen LogP contribution in [-0.2, 0) is 13.1 Å². The molecule has 2 aromatic rings. The molecule has 0 heterocycles. The first-order valence-electron chi connectivity index (χ1n) is 6.52. The molecular weight excluding hydrogens is 239 g/mol. The smallest absolute Gasteiger partial charge is 0.146 e. The summed E-state index contributed by atoms with van der Waals surface area (Å²) >= 11 is 0. The lowest BCUT2D eigenvalue weighted by molar-refractivity contribution is 0.618. The van der Waals surface area contributed by atoms with E-state index in [9.17, 15) is 4.39 Å². The third-order valence-electron chi connectivity index (χ3n) is 3.18. The van der Waals surface area contributed by atoms with Crippen molar-refractivity contribution in [3.8, 4) is 0 Å². The van der Waals surface area contributed by atoms with Gasteiger partial charge in [-0.05, 0) is 30.2 Å². The lowest BCUT2D eigenvalue weighted by atomic mass is 10.1. The summed E-state index contributed by atoms with van der Waals surface area (Å²) < 4.78 is 13.8. The van der Waals surface area contributed by atoms with Crippen LogP contribution in [0.5, 0.6) is 0 Å². The molecule has 0 spiro atoms. The zero-order chi connectivity index (χ0) is 13.7. The standard InChI is InChI=1S/C16H19FN2/c1-2-19(16-9-4-3-8-15(16)17)12-14-7-5-6-13(10-14)11-18/h3-10H,2,11-12,18H2,1H3. The maximum atomic E-state index is 13.8. The number of halogens is 1. The van der Waals surface area contributed by atoms with Crippen molar-refractivity contribution >= 4 is 5.69 Å². The van der Waals surface area contributed by atoms with E-state index in [1.54, 1.807) is 6.07 Å². The van der Waals surface area contributed by atoms with Gasteiger partial charge in [-0.2, -0.15) is 0 Å². The van der Waals surface area contributed by atoms with E-state index in [1.165, 1.54) is 6.07 Å². The van der Waals surface area contributed by atoms with Gasteiger partial charge in [0.25, 0.3) is 0 Å². The molecule has 0 radical (unpaired) electrons. The fourth-order valence-electron chi connectivity index (χ4n) is 2.15. The number of nitrogens with two attached hydrogens (primary N) is 1. The number of nitrogens with zero attached hydrogens (tertiary/aromatic N) is 1. The molecule has 0 bridgehead atoms. The monoisotopic (exact) mass is 258 g/mol. The van der Waals surface area contributed by atoms with Crippen molar-refractivity contribution < 1.29 is 4.39 Å². The van der Waals surface area contributed by atoms with E-state index < -0.39 is 0 Å². The molecule has 0 amide bonds. The van der Waals surface area contributed by atoms with E-state index in [1.807, 2.05) is 42.2 Å². The van der Waals surface area contributed by atoms with Crippen molar-refractivity contribution in [3.63, 3.8) is 0 Å². The zero-order valence-corrected chi connectivity index (χ0v) is 11.1. The van der Waals surface area contributed by atoms with Crippen LogP contribution in [-0.4, -0.2) is 6.54 Å². The highest BCUT2D eigenvalue weighted by Gasteiger charge is 2.09. The van der Waals surface area contributed by atoms with Crippen LogP contribution >= 0.6 is 0 Å². The average Bonchev–Trinajstić information content (AvgIpc) is 2.46. The van der Waals surface area contributed by atoms with Gasteiger partial charge in [0.2, 0.25) is 0 Å². The molecule has 0 unspecified atom stereocenters. The summed E-state index contributed by atoms with van der Waals surface area (Å²) in [6.45, 7) is 4.00. The van der Waals surface area contributed by atoms with Crippen molar-refractivity contribution in [1.29, 1.82) is 0 Å². The van der Waals surface area contributed by atoms with Crippen LogP contribution < -0.4 is 10.6 Å². The Kier molecular flexibility index (Phi) is 4.53. The summed E-state index contributed by atoms with van der Waals surface area (Å²) in [4.78, 5) is 2.02. The van der Waals surface area contributed by atoms with Crippen LogP contribution in [0.4, 0.5) is 10.1 Å². The van der Waals surface area contributed by atoms with Gasteiger partial charge in [0.1, 0.15) is 5.82 Å². The Balaban J connectivity index is 2.21. The Labute approximate surface area is 113 Å². The second kappa shape index (κ2) is 6.34. The second-order valence-corrected chi connectivity index (χ2v) is 4.49. The van der Waals surface area contributed by atoms with Gasteiger partial charge in [-0.15, -0.1) is 0 Å². The average molecular weight is 258 g/mol. The highest BCUT2D eigenvalue weighted by Crippen LogP contribution is 2.21. The van der Waals surface area contributed by atoms with Crippen LogP contribution in [0.25, 0.3) is 0 Å². The summed E-state index contributed by atoms with van der Waals surface area (Å²) in [6.07, 6.45) is 0. The van der Waals surface area contributed by atoms with Gasteiger partial charge >= 0.3 is 0 Å². The summed E-state index contributed by atoms with van der Waals surface area (Å²) in [5, 5.41) is 0. The molecule has 19 heavy (non-hydrogen) atoms. The van der Waals surface area contributed by atoms with Gasteiger partial charge in [-0.3, -0.25) is 0 Å². The first kappa shape index (κ1) is 13.6. The summed E-state index contributed by atoms with van der Waals surface area (Å²) in [5.41, 5.74) is 8.53. The normalized spacial score (nSPS) is 10.5. The number of rotatable bonds is 5. The topological polar surface area (TPSA) is 29.3 Å². The fourth-order valence-corrected chi connectivity index (χ4v) is 2.15. The zero-order valence-electron chi connectivity index (χ0n) is 11.1. The van der Waals surface area contributed by atoms with Crippen molar-refractivity contribution in [2.24, 2.45) is 5.73 Å². The van der Waals surface area contributed by atoms with Crippen LogP contribution in [0, 0.1) is 5.82 Å². The Morgan fingerprint density at radius 3 is 2.47 bits per heavy atom. The minimum atomic E-state index is -0.181. The quantitative estimate of drug-likeness (QED) is 0.891. The lowest BCUT2D eigenvalue weighted by Gasteiger charge is -2.24. The third kappa shape index (κ3) is 3.32. The van der Waals surface area contributed by atoms with Crippen LogP contribution in [0.2, 0.25) is 0 Å². The second-order valence-electron chi connectivity index (χ2n) is 4.49. The van der Waals surface area contributed by atoms with Crippen molar-refractivity contribution in [2.45, 2.75) is 20.0 Å². The van der Waals surface area contributed by atoms with Gasteiger partial charge < -0.3 is 10.6 Å². The molecule has 0 aliphatic rings. The molecule has 3 heteroatoms. The summed E-state index contributed by atoms with van der Waals surface area (Å²) in [7, 11) is 0. The van der Waals surface area contributed by atoms with Crippen LogP contribution in [0.1, 0.15) is 18.1 Å². The SMILES string of the molecule is CCN(Cc1cccc(CN)c1)c1ccccc1F. The van der Waals surface area contributed by atoms with Gasteiger partial charge in [0.05, 0.1) is 5.69 Å². The van der Waals surface area contributed by atoms with Crippen molar-refractivity contribution in [2.75, 3.05) is 11.4 Å². The number of hydrogen-bond donors (Lipinski definition) is 1. The molecule has 0 aromatic heterocycles. The maximum Gasteiger partial charge on any atom is 0.146 e. The maximum absolute atomic E-state index is 13.8. The van der Waals surface area contributed by atoms with E-state index in [0.717, 1.165) is 17.7 Å². The highest BCUT2D eigenvalue weighted by atomic mass is 19.1. The van der Waals surface area contributed by atoms with Crippen LogP contribution in [0.3, 0.4) is 0 Å². The Morgan fingerprint density at radius 1 is 1.05 bits per heavy atom. The van der Waals surface area contributed by atoms with Gasteiger partial charge in [0, 0.05) is 19.6 Å². The number of anilines is 1. The molecule has 0 aliphatic heterocycles. The minimum absolute atomic E-state index is 0.181. The molecule has 2 rings (SSSR count). The molecule has 0 saturated carbocycles. The Morgan fingerprint density at radius 2 is 1.79 bits per heavy atom. The number of benzene rings is 2.